The van der Waals surface area contributed by atoms with Crippen molar-refractivity contribution in [1.29, 1.82) is 5.26 Å². The van der Waals surface area contributed by atoms with E-state index in [0.29, 0.717) is 28.7 Å². The van der Waals surface area contributed by atoms with Crippen LogP contribution in [0.15, 0.2) is 211 Å². The van der Waals surface area contributed by atoms with Crippen molar-refractivity contribution in [2.24, 2.45) is 0 Å². The molecule has 7 nitrogen and oxygen atoms in total. The normalized spacial score (nSPS) is 11.3. The number of hydrogen-bond donors (Lipinski definition) is 0. The first-order valence-electron chi connectivity index (χ1n) is 21.6. The van der Waals surface area contributed by atoms with Gasteiger partial charge in [-0.2, -0.15) is 5.26 Å². The van der Waals surface area contributed by atoms with Gasteiger partial charge in [0.05, 0.1) is 34.9 Å². The van der Waals surface area contributed by atoms with Crippen LogP contribution >= 0.6 is 0 Å². The molecule has 0 aliphatic carbocycles. The third kappa shape index (κ3) is 6.64. The molecular weight excluding hydrogens is 809 g/mol. The predicted molar refractivity (Wildman–Crippen MR) is 265 cm³/mol. The number of aromatic nitrogens is 4. The van der Waals surface area contributed by atoms with Crippen LogP contribution < -0.4 is 0 Å². The van der Waals surface area contributed by atoms with Gasteiger partial charge in [0, 0.05) is 38.2 Å². The van der Waals surface area contributed by atoms with Crippen LogP contribution in [0.1, 0.15) is 5.56 Å². The third-order valence-corrected chi connectivity index (χ3v) is 12.3. The van der Waals surface area contributed by atoms with Crippen LogP contribution in [0.25, 0.3) is 122 Å². The van der Waals surface area contributed by atoms with Crippen LogP contribution in [0.4, 0.5) is 5.69 Å². The average molecular weight is 843 g/mol. The fourth-order valence-electron chi connectivity index (χ4n) is 9.08. The molecule has 12 aromatic rings. The summed E-state index contributed by atoms with van der Waals surface area (Å²) in [5.74, 6) is 1.63. The first kappa shape index (κ1) is 38.3. The summed E-state index contributed by atoms with van der Waals surface area (Å²) < 4.78 is 8.70. The minimum absolute atomic E-state index is 0.512. The molecule has 0 aliphatic rings. The van der Waals surface area contributed by atoms with E-state index in [-0.39, 0.29) is 0 Å². The van der Waals surface area contributed by atoms with Crippen LogP contribution in [0, 0.1) is 17.9 Å². The number of hydrogen-bond acceptors (Lipinski definition) is 5. The van der Waals surface area contributed by atoms with Gasteiger partial charge in [-0.3, -0.25) is 0 Å². The van der Waals surface area contributed by atoms with E-state index in [1.54, 1.807) is 0 Å². The summed E-state index contributed by atoms with van der Waals surface area (Å²) in [5, 5.41) is 14.1. The van der Waals surface area contributed by atoms with Gasteiger partial charge in [0.1, 0.15) is 11.2 Å². The van der Waals surface area contributed by atoms with Gasteiger partial charge < -0.3 is 8.98 Å². The lowest BCUT2D eigenvalue weighted by molar-refractivity contribution is 0.669. The van der Waals surface area contributed by atoms with Crippen molar-refractivity contribution in [3.8, 4) is 79.3 Å². The lowest BCUT2D eigenvalue weighted by atomic mass is 9.99. The Morgan fingerprint density at radius 1 is 0.424 bits per heavy atom. The number of fused-ring (bicyclic) bond motifs is 6. The highest BCUT2D eigenvalue weighted by molar-refractivity contribution is 6.12. The molecule has 0 unspecified atom stereocenters. The number of rotatable bonds is 7. The molecule has 0 amide bonds. The highest BCUT2D eigenvalue weighted by Gasteiger charge is 2.22. The Labute approximate surface area is 379 Å². The molecule has 0 fully saturated rings. The molecule has 0 bridgehead atoms. The monoisotopic (exact) mass is 842 g/mol. The number of para-hydroxylation sites is 1. The fraction of sp³-hybridized carbons (Fsp3) is 0. The van der Waals surface area contributed by atoms with Gasteiger partial charge >= 0.3 is 0 Å². The Kier molecular flexibility index (Phi) is 9.12. The summed E-state index contributed by atoms with van der Waals surface area (Å²) in [7, 11) is 0. The zero-order valence-corrected chi connectivity index (χ0v) is 35.2. The van der Waals surface area contributed by atoms with Crippen LogP contribution in [0.5, 0.6) is 0 Å². The van der Waals surface area contributed by atoms with E-state index in [1.807, 2.05) is 127 Å². The maximum atomic E-state index is 9.84. The van der Waals surface area contributed by atoms with E-state index in [4.69, 9.17) is 25.9 Å². The summed E-state index contributed by atoms with van der Waals surface area (Å²) in [6.07, 6.45) is 0. The molecule has 0 saturated heterocycles. The van der Waals surface area contributed by atoms with Gasteiger partial charge in [-0.05, 0) is 94.0 Å². The molecule has 0 aliphatic heterocycles. The average Bonchev–Trinajstić information content (AvgIpc) is 3.93. The lowest BCUT2D eigenvalue weighted by Crippen LogP contribution is -2.04. The third-order valence-electron chi connectivity index (χ3n) is 12.3. The van der Waals surface area contributed by atoms with Crippen molar-refractivity contribution in [1.82, 2.24) is 19.5 Å². The van der Waals surface area contributed by atoms with E-state index in [1.165, 1.54) is 0 Å². The Bertz CT molecular complexity index is 3790. The molecule has 9 aromatic carbocycles. The van der Waals surface area contributed by atoms with E-state index in [9.17, 15) is 5.26 Å². The van der Waals surface area contributed by atoms with E-state index < -0.39 is 0 Å². The van der Waals surface area contributed by atoms with Crippen molar-refractivity contribution in [2.45, 2.75) is 0 Å². The topological polar surface area (TPSA) is 84.9 Å². The molecule has 3 aromatic heterocycles. The first-order chi connectivity index (χ1) is 32.6. The smallest absolute Gasteiger partial charge is 0.187 e. The molecular formula is C59H34N6O. The summed E-state index contributed by atoms with van der Waals surface area (Å²) in [4.78, 5) is 19.4. The van der Waals surface area contributed by atoms with E-state index in [0.717, 1.165) is 99.5 Å². The molecule has 306 valence electrons. The van der Waals surface area contributed by atoms with Crippen LogP contribution in [-0.4, -0.2) is 19.5 Å². The Hall–Kier alpha value is -9.43. The molecule has 66 heavy (non-hydrogen) atoms. The van der Waals surface area contributed by atoms with Crippen molar-refractivity contribution in [3.05, 3.63) is 223 Å². The van der Waals surface area contributed by atoms with Gasteiger partial charge in [0.2, 0.25) is 0 Å². The second-order valence-corrected chi connectivity index (χ2v) is 16.2. The zero-order valence-electron chi connectivity index (χ0n) is 35.2. The number of furan rings is 1. The fourth-order valence-corrected chi connectivity index (χ4v) is 9.08. The summed E-state index contributed by atoms with van der Waals surface area (Å²) >= 11 is 0. The number of nitrogens with zero attached hydrogens (tertiary/aromatic N) is 6. The lowest BCUT2D eigenvalue weighted by Gasteiger charge is -2.17. The second-order valence-electron chi connectivity index (χ2n) is 16.2. The SMILES string of the molecule is [C-]#[N+]c1cccc(-c2ccc3c4ccc(-c5cccc(C#N)c5)cc4n(-c4ccc(-c5ccc6c(c5)oc5ccccc56)cc4-c4nc(-c5ccccc5)nc(-c5ccccc5)n4)c3c2)c1. The van der Waals surface area contributed by atoms with Gasteiger partial charge in [-0.1, -0.05) is 146 Å². The van der Waals surface area contributed by atoms with Gasteiger partial charge in [-0.25, -0.2) is 19.8 Å². The minimum atomic E-state index is 0.512. The number of nitriles is 1. The molecule has 3 heterocycles. The van der Waals surface area contributed by atoms with Gasteiger partial charge in [-0.15, -0.1) is 0 Å². The standard InChI is InChI=1S/C59H34N6O/c1-61-46-19-11-18-41(31-46)44-23-27-48-47-26-22-43(40-17-10-12-37(30-40)36-60)33-53(47)65(54(48)34-44)52-29-25-42(45-24-28-50-49-20-8-9-21-55(49)66-56(50)35-45)32-51(52)59-63-57(38-13-4-2-5-14-38)62-58(64-59)39-15-6-3-7-16-39/h2-35H. The first-order valence-corrected chi connectivity index (χ1v) is 21.6. The second kappa shape index (κ2) is 15.7. The highest BCUT2D eigenvalue weighted by Crippen LogP contribution is 2.42. The van der Waals surface area contributed by atoms with E-state index >= 15 is 0 Å². The maximum Gasteiger partial charge on any atom is 0.187 e. The summed E-state index contributed by atoms with van der Waals surface area (Å²) in [5.41, 5.74) is 14.0. The van der Waals surface area contributed by atoms with Crippen molar-refractivity contribution in [3.63, 3.8) is 0 Å². The Morgan fingerprint density at radius 3 is 1.61 bits per heavy atom. The van der Waals surface area contributed by atoms with Crippen LogP contribution in [0.2, 0.25) is 0 Å². The van der Waals surface area contributed by atoms with Crippen molar-refractivity contribution in [2.75, 3.05) is 0 Å². The quantitative estimate of drug-likeness (QED) is 0.149. The predicted octanol–water partition coefficient (Wildman–Crippen LogP) is 15.3. The van der Waals surface area contributed by atoms with Crippen LogP contribution in [-0.2, 0) is 0 Å². The van der Waals surface area contributed by atoms with Gasteiger partial charge in [0.25, 0.3) is 0 Å². The summed E-state index contributed by atoms with van der Waals surface area (Å²) in [6.45, 7) is 7.74. The molecule has 0 spiro atoms. The van der Waals surface area contributed by atoms with Crippen LogP contribution in [0.3, 0.4) is 0 Å². The maximum absolute atomic E-state index is 9.84. The molecule has 12 rings (SSSR count). The molecule has 0 radical (unpaired) electrons. The summed E-state index contributed by atoms with van der Waals surface area (Å²) in [6, 6.07) is 71.8. The van der Waals surface area contributed by atoms with Gasteiger partial charge in [0.15, 0.2) is 23.2 Å². The molecule has 0 atom stereocenters. The van der Waals surface area contributed by atoms with E-state index in [2.05, 4.69) is 94.3 Å². The van der Waals surface area contributed by atoms with Crippen molar-refractivity contribution < 1.29 is 4.42 Å². The highest BCUT2D eigenvalue weighted by atomic mass is 16.3. The minimum Gasteiger partial charge on any atom is -0.456 e. The molecule has 0 saturated carbocycles. The zero-order chi connectivity index (χ0) is 44.1. The molecule has 0 N–H and O–H groups in total. The number of benzene rings is 9. The largest absolute Gasteiger partial charge is 0.456 e. The van der Waals surface area contributed by atoms with Crippen molar-refractivity contribution >= 4 is 49.4 Å². The Morgan fingerprint density at radius 2 is 0.939 bits per heavy atom. The Balaban J connectivity index is 1.17. The molecule has 7 heteroatoms.